The number of nitrogens with zero attached hydrogens (tertiary/aromatic N) is 4. The maximum atomic E-state index is 12.1. The molecule has 0 aliphatic rings. The van der Waals surface area contributed by atoms with Crippen molar-refractivity contribution in [2.45, 2.75) is 18.2 Å². The topological polar surface area (TPSA) is 81.4 Å². The zero-order valence-corrected chi connectivity index (χ0v) is 14.3. The molecule has 0 aliphatic heterocycles. The predicted octanol–water partition coefficient (Wildman–Crippen LogP) is 2.18. The van der Waals surface area contributed by atoms with Crippen LogP contribution >= 0.6 is 11.8 Å². The van der Waals surface area contributed by atoms with Crippen LogP contribution < -0.4 is 10.1 Å². The smallest absolute Gasteiger partial charge is 0.387 e. The molecular formula is C16H15F2N5O2S. The summed E-state index contributed by atoms with van der Waals surface area (Å²) in [6.45, 7) is -2.40. The van der Waals surface area contributed by atoms with E-state index >= 15 is 0 Å². The Bertz CT molecular complexity index is 839. The molecule has 3 rings (SSSR count). The van der Waals surface area contributed by atoms with E-state index < -0.39 is 6.61 Å². The van der Waals surface area contributed by atoms with Crippen molar-refractivity contribution in [1.82, 2.24) is 24.9 Å². The summed E-state index contributed by atoms with van der Waals surface area (Å²) in [6, 6.07) is 8.07. The minimum Gasteiger partial charge on any atom is -0.435 e. The molecule has 1 N–H and O–H groups in total. The van der Waals surface area contributed by atoms with E-state index in [2.05, 4.69) is 25.1 Å². The molecule has 0 spiro atoms. The van der Waals surface area contributed by atoms with Crippen LogP contribution in [0.4, 0.5) is 8.78 Å². The monoisotopic (exact) mass is 379 g/mol. The van der Waals surface area contributed by atoms with Crippen molar-refractivity contribution in [3.8, 4) is 5.75 Å². The number of hydrogen-bond donors (Lipinski definition) is 1. The third-order valence-electron chi connectivity index (χ3n) is 3.31. The summed E-state index contributed by atoms with van der Waals surface area (Å²) in [5.41, 5.74) is 0.910. The van der Waals surface area contributed by atoms with Crippen molar-refractivity contribution < 1.29 is 18.3 Å². The number of halogens is 2. The molecule has 2 aromatic heterocycles. The van der Waals surface area contributed by atoms with Gasteiger partial charge in [-0.3, -0.25) is 4.79 Å². The molecule has 3 aromatic rings. The number of thioether (sulfide) groups is 1. The van der Waals surface area contributed by atoms with E-state index in [0.717, 1.165) is 5.56 Å². The van der Waals surface area contributed by atoms with E-state index in [1.165, 1.54) is 23.9 Å². The summed E-state index contributed by atoms with van der Waals surface area (Å²) in [5.74, 6) is 0.644. The highest BCUT2D eigenvalue weighted by molar-refractivity contribution is 7.99. The number of carbonyl (C=O) groups is 1. The first-order valence-corrected chi connectivity index (χ1v) is 8.69. The van der Waals surface area contributed by atoms with Gasteiger partial charge >= 0.3 is 6.61 Å². The highest BCUT2D eigenvalue weighted by Crippen LogP contribution is 2.15. The van der Waals surface area contributed by atoms with Crippen LogP contribution in [0.25, 0.3) is 5.78 Å². The summed E-state index contributed by atoms with van der Waals surface area (Å²) in [7, 11) is 0. The number of rotatable bonds is 8. The second kappa shape index (κ2) is 8.56. The number of ether oxygens (including phenoxy) is 1. The highest BCUT2D eigenvalue weighted by Gasteiger charge is 2.08. The second-order valence-corrected chi connectivity index (χ2v) is 6.11. The molecule has 0 bridgehead atoms. The first kappa shape index (κ1) is 18.1. The Morgan fingerprint density at radius 3 is 2.85 bits per heavy atom. The number of fused-ring (bicyclic) bond motifs is 1. The van der Waals surface area contributed by atoms with E-state index in [0.29, 0.717) is 23.9 Å². The molecule has 0 radical (unpaired) electrons. The van der Waals surface area contributed by atoms with Crippen molar-refractivity contribution in [3.63, 3.8) is 0 Å². The third kappa shape index (κ3) is 5.12. The van der Waals surface area contributed by atoms with Crippen LogP contribution in [0, 0.1) is 0 Å². The van der Waals surface area contributed by atoms with Crippen molar-refractivity contribution in [2.24, 2.45) is 0 Å². The Morgan fingerprint density at radius 1 is 1.31 bits per heavy atom. The van der Waals surface area contributed by atoms with Crippen LogP contribution in [0.15, 0.2) is 47.9 Å². The quantitative estimate of drug-likeness (QED) is 0.604. The van der Waals surface area contributed by atoms with Gasteiger partial charge in [0, 0.05) is 18.9 Å². The first-order valence-electron chi connectivity index (χ1n) is 7.71. The number of alkyl halides is 2. The largest absolute Gasteiger partial charge is 0.435 e. The van der Waals surface area contributed by atoms with Gasteiger partial charge in [0.25, 0.3) is 5.78 Å². The summed E-state index contributed by atoms with van der Waals surface area (Å²) in [6.07, 6.45) is 3.94. The molecule has 1 amide bonds. The molecule has 26 heavy (non-hydrogen) atoms. The van der Waals surface area contributed by atoms with Crippen molar-refractivity contribution >= 4 is 23.4 Å². The molecule has 0 unspecified atom stereocenters. The van der Waals surface area contributed by atoms with Gasteiger partial charge in [-0.05, 0) is 30.2 Å². The van der Waals surface area contributed by atoms with Crippen LogP contribution in [-0.4, -0.2) is 44.4 Å². The Morgan fingerprint density at radius 2 is 2.12 bits per heavy atom. The fourth-order valence-electron chi connectivity index (χ4n) is 2.14. The average molecular weight is 379 g/mol. The first-order chi connectivity index (χ1) is 12.6. The average Bonchev–Trinajstić information content (AvgIpc) is 3.04. The molecule has 0 aliphatic carbocycles. The van der Waals surface area contributed by atoms with Crippen molar-refractivity contribution in [3.05, 3.63) is 48.3 Å². The van der Waals surface area contributed by atoms with Gasteiger partial charge in [0.15, 0.2) is 0 Å². The van der Waals surface area contributed by atoms with Crippen LogP contribution in [0.1, 0.15) is 5.56 Å². The SMILES string of the molecule is O=C(CSc1nc2ncccn2n1)NCCc1ccc(OC(F)F)cc1. The molecule has 0 fully saturated rings. The van der Waals surface area contributed by atoms with E-state index in [4.69, 9.17) is 0 Å². The number of aromatic nitrogens is 4. The van der Waals surface area contributed by atoms with Crippen LogP contribution in [0.3, 0.4) is 0 Å². The van der Waals surface area contributed by atoms with Crippen LogP contribution in [0.5, 0.6) is 5.75 Å². The van der Waals surface area contributed by atoms with Crippen LogP contribution in [0.2, 0.25) is 0 Å². The highest BCUT2D eigenvalue weighted by atomic mass is 32.2. The minimum absolute atomic E-state index is 0.110. The van der Waals surface area contributed by atoms with Gasteiger partial charge in [-0.15, -0.1) is 5.10 Å². The molecule has 7 nitrogen and oxygen atoms in total. The summed E-state index contributed by atoms with van der Waals surface area (Å²) in [5, 5.41) is 7.48. The second-order valence-electron chi connectivity index (χ2n) is 5.17. The number of nitrogens with one attached hydrogen (secondary N) is 1. The lowest BCUT2D eigenvalue weighted by atomic mass is 10.1. The van der Waals surface area contributed by atoms with Crippen molar-refractivity contribution in [2.75, 3.05) is 12.3 Å². The van der Waals surface area contributed by atoms with Gasteiger partial charge in [-0.25, -0.2) is 9.50 Å². The molecule has 10 heteroatoms. The lowest BCUT2D eigenvalue weighted by molar-refractivity contribution is -0.118. The van der Waals surface area contributed by atoms with E-state index in [1.54, 1.807) is 35.1 Å². The number of benzene rings is 1. The molecule has 0 saturated carbocycles. The van der Waals surface area contributed by atoms with Gasteiger partial charge < -0.3 is 10.1 Å². The Balaban J connectivity index is 1.40. The molecule has 2 heterocycles. The molecule has 0 saturated heterocycles. The van der Waals surface area contributed by atoms with E-state index in [-0.39, 0.29) is 17.4 Å². The lowest BCUT2D eigenvalue weighted by Crippen LogP contribution is -2.27. The van der Waals surface area contributed by atoms with Gasteiger partial charge in [-0.2, -0.15) is 13.8 Å². The number of hydrogen-bond acceptors (Lipinski definition) is 6. The minimum atomic E-state index is -2.84. The fourth-order valence-corrected chi connectivity index (χ4v) is 2.79. The summed E-state index contributed by atoms with van der Waals surface area (Å²) < 4.78 is 30.0. The zero-order valence-electron chi connectivity index (χ0n) is 13.5. The molecule has 136 valence electrons. The van der Waals surface area contributed by atoms with E-state index in [9.17, 15) is 13.6 Å². The molecule has 0 atom stereocenters. The molecular weight excluding hydrogens is 364 g/mol. The fraction of sp³-hybridized carbons (Fsp3) is 0.250. The zero-order chi connectivity index (χ0) is 18.4. The summed E-state index contributed by atoms with van der Waals surface area (Å²) >= 11 is 1.23. The summed E-state index contributed by atoms with van der Waals surface area (Å²) in [4.78, 5) is 20.1. The number of carbonyl (C=O) groups excluding carboxylic acids is 1. The maximum Gasteiger partial charge on any atom is 0.387 e. The van der Waals surface area contributed by atoms with Crippen molar-refractivity contribution in [1.29, 1.82) is 0 Å². The lowest BCUT2D eigenvalue weighted by Gasteiger charge is -2.07. The Kier molecular flexibility index (Phi) is 5.95. The van der Waals surface area contributed by atoms with Gasteiger partial charge in [-0.1, -0.05) is 23.9 Å². The predicted molar refractivity (Wildman–Crippen MR) is 91.3 cm³/mol. The van der Waals surface area contributed by atoms with Gasteiger partial charge in [0.1, 0.15) is 5.75 Å². The normalized spacial score (nSPS) is 11.0. The Hall–Kier alpha value is -2.75. The van der Waals surface area contributed by atoms with Gasteiger partial charge in [0.05, 0.1) is 5.75 Å². The maximum absolute atomic E-state index is 12.1. The standard InChI is InChI=1S/C16H15F2N5O2S/c17-14(18)25-12-4-2-11(3-5-12)6-8-19-13(24)10-26-16-21-15-20-7-1-9-23(15)22-16/h1-5,7,9,14H,6,8,10H2,(H,19,24). The van der Waals surface area contributed by atoms with Gasteiger partial charge in [0.2, 0.25) is 11.1 Å². The molecule has 1 aromatic carbocycles. The number of amides is 1. The van der Waals surface area contributed by atoms with Crippen LogP contribution in [-0.2, 0) is 11.2 Å². The third-order valence-corrected chi connectivity index (χ3v) is 4.15. The Labute approximate surface area is 151 Å². The van der Waals surface area contributed by atoms with E-state index in [1.807, 2.05) is 0 Å².